The highest BCUT2D eigenvalue weighted by Crippen LogP contribution is 2.31. The highest BCUT2D eigenvalue weighted by molar-refractivity contribution is 5.80. The summed E-state index contributed by atoms with van der Waals surface area (Å²) in [6.07, 6.45) is 4.42. The van der Waals surface area contributed by atoms with Crippen LogP contribution in [0.1, 0.15) is 45.2 Å². The number of carbonyl (C=O) groups is 2. The molecule has 3 rings (SSSR count). The third-order valence-electron chi connectivity index (χ3n) is 5.90. The molecular formula is C20H33N5O4. The second kappa shape index (κ2) is 9.67. The highest BCUT2D eigenvalue weighted by atomic mass is 16.5. The van der Waals surface area contributed by atoms with Gasteiger partial charge in [0.25, 0.3) is 0 Å². The van der Waals surface area contributed by atoms with E-state index in [4.69, 9.17) is 4.74 Å². The van der Waals surface area contributed by atoms with Crippen molar-refractivity contribution in [3.8, 4) is 0 Å². The first-order valence-corrected chi connectivity index (χ1v) is 10.5. The minimum absolute atomic E-state index is 0.00818. The number of nitrogens with zero attached hydrogens (tertiary/aromatic N) is 5. The third-order valence-corrected chi connectivity index (χ3v) is 5.90. The molecule has 1 aromatic heterocycles. The number of aromatic nitrogens is 3. The Hall–Kier alpha value is -2.00. The monoisotopic (exact) mass is 407 g/mol. The molecule has 162 valence electrons. The van der Waals surface area contributed by atoms with Crippen molar-refractivity contribution < 1.29 is 19.4 Å². The standard InChI is InChI=1S/C20H33N5O4/c1-14-10-24(15(2)12-26)19(27)5-4-8-25-17(9-21-22-25)13-29-18(14)11-23(3)20(28)16-6-7-16/h9,14-16,18,26H,4-8,10-13H2,1-3H3/t14-,15-,18+/m0/s1. The van der Waals surface area contributed by atoms with E-state index < -0.39 is 0 Å². The summed E-state index contributed by atoms with van der Waals surface area (Å²) in [6, 6.07) is -0.263. The van der Waals surface area contributed by atoms with Gasteiger partial charge in [0.05, 0.1) is 37.3 Å². The van der Waals surface area contributed by atoms with Crippen LogP contribution in [0.15, 0.2) is 6.20 Å². The Morgan fingerprint density at radius 3 is 2.90 bits per heavy atom. The molecule has 0 aromatic carbocycles. The van der Waals surface area contributed by atoms with E-state index >= 15 is 0 Å². The minimum Gasteiger partial charge on any atom is -0.394 e. The lowest BCUT2D eigenvalue weighted by Gasteiger charge is -2.35. The van der Waals surface area contributed by atoms with Crippen LogP contribution in [0.25, 0.3) is 0 Å². The number of hydrogen-bond acceptors (Lipinski definition) is 6. The molecule has 1 aromatic rings. The molecule has 1 aliphatic carbocycles. The number of aryl methyl sites for hydroxylation is 1. The van der Waals surface area contributed by atoms with E-state index in [0.717, 1.165) is 18.5 Å². The van der Waals surface area contributed by atoms with Crippen molar-refractivity contribution in [3.05, 3.63) is 11.9 Å². The average molecular weight is 408 g/mol. The van der Waals surface area contributed by atoms with Crippen molar-refractivity contribution in [3.63, 3.8) is 0 Å². The van der Waals surface area contributed by atoms with Gasteiger partial charge in [0.15, 0.2) is 0 Å². The fourth-order valence-electron chi connectivity index (χ4n) is 3.75. The van der Waals surface area contributed by atoms with Gasteiger partial charge in [-0.25, -0.2) is 4.68 Å². The van der Waals surface area contributed by atoms with E-state index in [1.165, 1.54) is 0 Å². The Labute approximate surface area is 172 Å². The van der Waals surface area contributed by atoms with E-state index in [1.807, 2.05) is 20.9 Å². The van der Waals surface area contributed by atoms with Gasteiger partial charge in [-0.1, -0.05) is 12.1 Å². The zero-order valence-electron chi connectivity index (χ0n) is 17.7. The summed E-state index contributed by atoms with van der Waals surface area (Å²) >= 11 is 0. The summed E-state index contributed by atoms with van der Waals surface area (Å²) in [4.78, 5) is 28.8. The zero-order valence-corrected chi connectivity index (χ0v) is 17.7. The molecule has 9 heteroatoms. The number of amides is 2. The van der Waals surface area contributed by atoms with Crippen LogP contribution >= 0.6 is 0 Å². The molecule has 1 N–H and O–H groups in total. The van der Waals surface area contributed by atoms with E-state index in [1.54, 1.807) is 20.7 Å². The van der Waals surface area contributed by atoms with Gasteiger partial charge in [-0.3, -0.25) is 9.59 Å². The summed E-state index contributed by atoms with van der Waals surface area (Å²) in [7, 11) is 1.82. The lowest BCUT2D eigenvalue weighted by Crippen LogP contribution is -2.48. The number of aliphatic hydroxyl groups excluding tert-OH is 1. The highest BCUT2D eigenvalue weighted by Gasteiger charge is 2.34. The lowest BCUT2D eigenvalue weighted by molar-refractivity contribution is -0.138. The fourth-order valence-corrected chi connectivity index (χ4v) is 3.75. The molecule has 1 aliphatic heterocycles. The topological polar surface area (TPSA) is 101 Å². The van der Waals surface area contributed by atoms with E-state index in [-0.39, 0.29) is 42.4 Å². The van der Waals surface area contributed by atoms with Gasteiger partial charge >= 0.3 is 0 Å². The van der Waals surface area contributed by atoms with Crippen LogP contribution in [-0.2, 0) is 27.5 Å². The molecule has 9 nitrogen and oxygen atoms in total. The zero-order chi connectivity index (χ0) is 21.0. The van der Waals surface area contributed by atoms with Crippen molar-refractivity contribution in [2.45, 2.75) is 64.8 Å². The van der Waals surface area contributed by atoms with Crippen LogP contribution in [0.2, 0.25) is 0 Å². The van der Waals surface area contributed by atoms with Crippen LogP contribution in [0.3, 0.4) is 0 Å². The second-order valence-electron chi connectivity index (χ2n) is 8.45. The van der Waals surface area contributed by atoms with Crippen LogP contribution in [0.4, 0.5) is 0 Å². The first-order valence-electron chi connectivity index (χ1n) is 10.5. The predicted octanol–water partition coefficient (Wildman–Crippen LogP) is 0.671. The molecule has 2 aliphatic rings. The average Bonchev–Trinajstić information content (AvgIpc) is 3.46. The Bertz CT molecular complexity index is 705. The summed E-state index contributed by atoms with van der Waals surface area (Å²) in [5.41, 5.74) is 0.868. The minimum atomic E-state index is -0.263. The largest absolute Gasteiger partial charge is 0.394 e. The van der Waals surface area contributed by atoms with Crippen LogP contribution in [0, 0.1) is 11.8 Å². The van der Waals surface area contributed by atoms with Crippen molar-refractivity contribution >= 4 is 11.8 Å². The first kappa shape index (κ1) is 21.7. The van der Waals surface area contributed by atoms with Gasteiger partial charge in [0, 0.05) is 44.9 Å². The normalized spacial score (nSPS) is 25.0. The number of ether oxygens (including phenoxy) is 1. The summed E-state index contributed by atoms with van der Waals surface area (Å²) < 4.78 is 8.01. The Balaban J connectivity index is 1.79. The van der Waals surface area contributed by atoms with Crippen molar-refractivity contribution in [1.82, 2.24) is 24.8 Å². The number of hydrogen-bond donors (Lipinski definition) is 1. The molecule has 0 bridgehead atoms. The Morgan fingerprint density at radius 1 is 1.45 bits per heavy atom. The lowest BCUT2D eigenvalue weighted by atomic mass is 10.0. The molecule has 2 heterocycles. The van der Waals surface area contributed by atoms with Crippen LogP contribution in [0.5, 0.6) is 0 Å². The number of carbonyl (C=O) groups excluding carboxylic acids is 2. The maximum Gasteiger partial charge on any atom is 0.225 e. The van der Waals surface area contributed by atoms with Gasteiger partial charge < -0.3 is 19.6 Å². The molecule has 1 fully saturated rings. The number of rotatable bonds is 5. The number of aliphatic hydroxyl groups is 1. The molecular weight excluding hydrogens is 374 g/mol. The number of fused-ring (bicyclic) bond motifs is 1. The summed E-state index contributed by atoms with van der Waals surface area (Å²) in [5.74, 6) is 0.322. The molecule has 3 atom stereocenters. The second-order valence-corrected chi connectivity index (χ2v) is 8.45. The van der Waals surface area contributed by atoms with Crippen molar-refractivity contribution in [1.29, 1.82) is 0 Å². The van der Waals surface area contributed by atoms with E-state index in [9.17, 15) is 14.7 Å². The number of likely N-dealkylation sites (N-methyl/N-ethyl adjacent to an activating group) is 1. The smallest absolute Gasteiger partial charge is 0.225 e. The fraction of sp³-hybridized carbons (Fsp3) is 0.800. The molecule has 0 radical (unpaired) electrons. The van der Waals surface area contributed by atoms with Crippen molar-refractivity contribution in [2.24, 2.45) is 11.8 Å². The van der Waals surface area contributed by atoms with Crippen LogP contribution < -0.4 is 0 Å². The quantitative estimate of drug-likeness (QED) is 0.770. The summed E-state index contributed by atoms with van der Waals surface area (Å²) in [6.45, 7) is 5.69. The third kappa shape index (κ3) is 5.54. The van der Waals surface area contributed by atoms with E-state index in [0.29, 0.717) is 39.1 Å². The Kier molecular flexibility index (Phi) is 7.23. The SMILES string of the molecule is C[C@H]1CN([C@@H](C)CO)C(=O)CCCn2nncc2CO[C@@H]1CN(C)C(=O)C1CC1. The molecule has 1 saturated carbocycles. The maximum absolute atomic E-state index is 12.8. The van der Waals surface area contributed by atoms with Crippen LogP contribution in [-0.4, -0.2) is 80.6 Å². The molecule has 2 amide bonds. The van der Waals surface area contributed by atoms with Gasteiger partial charge in [-0.05, 0) is 26.2 Å². The molecule has 0 spiro atoms. The first-order chi connectivity index (χ1) is 13.9. The molecule has 0 unspecified atom stereocenters. The van der Waals surface area contributed by atoms with Gasteiger partial charge in [0.2, 0.25) is 11.8 Å². The predicted molar refractivity (Wildman–Crippen MR) is 106 cm³/mol. The molecule has 0 saturated heterocycles. The van der Waals surface area contributed by atoms with Gasteiger partial charge in [-0.15, -0.1) is 5.10 Å². The van der Waals surface area contributed by atoms with Gasteiger partial charge in [-0.2, -0.15) is 0 Å². The van der Waals surface area contributed by atoms with Crippen molar-refractivity contribution in [2.75, 3.05) is 26.7 Å². The Morgan fingerprint density at radius 2 is 2.21 bits per heavy atom. The van der Waals surface area contributed by atoms with E-state index in [2.05, 4.69) is 10.3 Å². The molecule has 29 heavy (non-hydrogen) atoms. The van der Waals surface area contributed by atoms with Gasteiger partial charge in [0.1, 0.15) is 0 Å². The maximum atomic E-state index is 12.8. The summed E-state index contributed by atoms with van der Waals surface area (Å²) in [5, 5.41) is 17.7.